The fourth-order valence-electron chi connectivity index (χ4n) is 3.09. The van der Waals surface area contributed by atoms with E-state index in [0.29, 0.717) is 17.1 Å². The summed E-state index contributed by atoms with van der Waals surface area (Å²) in [6.45, 7) is 0.276. The summed E-state index contributed by atoms with van der Waals surface area (Å²) < 4.78 is 27.8. The van der Waals surface area contributed by atoms with Crippen LogP contribution in [0.15, 0.2) is 94.8 Å². The normalized spacial score (nSPS) is 12.5. The number of rotatable bonds is 9. The molecule has 6 N–H and O–H groups in total. The van der Waals surface area contributed by atoms with Gasteiger partial charge >= 0.3 is 0 Å². The standard InChI is InChI=1S/C24H27N5O3S/c1-26-29-24(17-22(25)21-9-5-6-10-23(21)30)27-15-16-28-33(31,32)20-13-11-19(12-14-20)18-7-3-2-4-8-18/h2-14,17,26,28,30H,15-16,25H2,1H3,(H,27,29). The van der Waals surface area contributed by atoms with Crippen LogP contribution in [-0.4, -0.2) is 39.5 Å². The number of benzene rings is 3. The summed E-state index contributed by atoms with van der Waals surface area (Å²) in [6, 6.07) is 23.2. The van der Waals surface area contributed by atoms with Gasteiger partial charge in [0.15, 0.2) is 0 Å². The van der Waals surface area contributed by atoms with Crippen LogP contribution in [0, 0.1) is 0 Å². The van der Waals surface area contributed by atoms with Crippen molar-refractivity contribution in [3.8, 4) is 16.9 Å². The van der Waals surface area contributed by atoms with Gasteiger partial charge in [-0.15, -0.1) is 0 Å². The van der Waals surface area contributed by atoms with E-state index in [9.17, 15) is 13.5 Å². The number of nitrogens with zero attached hydrogens (tertiary/aromatic N) is 1. The predicted octanol–water partition coefficient (Wildman–Crippen LogP) is 2.46. The van der Waals surface area contributed by atoms with Crippen LogP contribution < -0.4 is 21.3 Å². The summed E-state index contributed by atoms with van der Waals surface area (Å²) in [6.07, 6.45) is 1.56. The molecular weight excluding hydrogens is 438 g/mol. The van der Waals surface area contributed by atoms with Gasteiger partial charge in [-0.1, -0.05) is 54.6 Å². The Hall–Kier alpha value is -3.66. The van der Waals surface area contributed by atoms with E-state index < -0.39 is 10.0 Å². The molecule has 0 spiro atoms. The molecule has 172 valence electrons. The van der Waals surface area contributed by atoms with Crippen molar-refractivity contribution in [1.29, 1.82) is 0 Å². The Morgan fingerprint density at radius 3 is 2.27 bits per heavy atom. The highest BCUT2D eigenvalue weighted by Gasteiger charge is 2.13. The molecule has 8 nitrogen and oxygen atoms in total. The minimum atomic E-state index is -3.67. The fraction of sp³-hybridized carbons (Fsp3) is 0.125. The molecule has 3 aromatic carbocycles. The number of hydrazine groups is 1. The van der Waals surface area contributed by atoms with Crippen LogP contribution in [0.5, 0.6) is 5.75 Å². The van der Waals surface area contributed by atoms with E-state index in [0.717, 1.165) is 11.1 Å². The minimum Gasteiger partial charge on any atom is -0.507 e. The molecule has 3 aromatic rings. The molecule has 0 heterocycles. The number of aliphatic imine (C=N–C) groups is 1. The molecule has 0 radical (unpaired) electrons. The van der Waals surface area contributed by atoms with E-state index in [1.807, 2.05) is 30.3 Å². The molecule has 0 atom stereocenters. The highest BCUT2D eigenvalue weighted by molar-refractivity contribution is 7.89. The van der Waals surface area contributed by atoms with Crippen LogP contribution in [0.25, 0.3) is 16.8 Å². The van der Waals surface area contributed by atoms with Crippen molar-refractivity contribution in [2.75, 3.05) is 20.1 Å². The van der Waals surface area contributed by atoms with Crippen LogP contribution in [0.2, 0.25) is 0 Å². The van der Waals surface area contributed by atoms with Gasteiger partial charge in [0, 0.05) is 30.9 Å². The molecule has 0 saturated heterocycles. The maximum absolute atomic E-state index is 12.6. The first-order chi connectivity index (χ1) is 15.9. The molecule has 33 heavy (non-hydrogen) atoms. The van der Waals surface area contributed by atoms with Crippen molar-refractivity contribution >= 4 is 21.6 Å². The number of hydrogen-bond acceptors (Lipinski definition) is 6. The third kappa shape index (κ3) is 6.66. The smallest absolute Gasteiger partial charge is 0.240 e. The van der Waals surface area contributed by atoms with Crippen LogP contribution in [0.3, 0.4) is 0 Å². The number of phenols is 1. The molecule has 0 fully saturated rings. The van der Waals surface area contributed by atoms with Gasteiger partial charge in [-0.05, 0) is 35.4 Å². The van der Waals surface area contributed by atoms with Crippen molar-refractivity contribution in [2.24, 2.45) is 10.7 Å². The average molecular weight is 466 g/mol. The van der Waals surface area contributed by atoms with E-state index in [4.69, 9.17) is 5.73 Å². The first kappa shape index (κ1) is 24.0. The van der Waals surface area contributed by atoms with Crippen molar-refractivity contribution < 1.29 is 13.5 Å². The second-order valence-electron chi connectivity index (χ2n) is 7.05. The van der Waals surface area contributed by atoms with Crippen molar-refractivity contribution in [2.45, 2.75) is 4.90 Å². The molecule has 0 unspecified atom stereocenters. The average Bonchev–Trinajstić information content (AvgIpc) is 2.83. The topological polar surface area (TPSA) is 129 Å². The molecule has 9 heteroatoms. The lowest BCUT2D eigenvalue weighted by atomic mass is 10.1. The molecular formula is C24H27N5O3S. The molecule has 0 aromatic heterocycles. The third-order valence-electron chi connectivity index (χ3n) is 4.72. The Kier molecular flexibility index (Phi) is 8.20. The zero-order valence-electron chi connectivity index (χ0n) is 18.2. The number of aromatic hydroxyl groups is 1. The van der Waals surface area contributed by atoms with Gasteiger partial charge in [-0.3, -0.25) is 4.99 Å². The number of nitrogens with two attached hydrogens (primary N) is 1. The molecule has 0 amide bonds. The lowest BCUT2D eigenvalue weighted by Gasteiger charge is -2.09. The number of amidine groups is 1. The van der Waals surface area contributed by atoms with E-state index in [-0.39, 0.29) is 23.7 Å². The minimum absolute atomic E-state index is 0.0566. The Balaban J connectivity index is 1.63. The van der Waals surface area contributed by atoms with E-state index in [1.165, 1.54) is 0 Å². The van der Waals surface area contributed by atoms with Crippen molar-refractivity contribution in [3.05, 3.63) is 90.5 Å². The summed E-state index contributed by atoms with van der Waals surface area (Å²) in [5.74, 6) is 0.450. The van der Waals surface area contributed by atoms with Crippen LogP contribution in [0.1, 0.15) is 5.56 Å². The third-order valence-corrected chi connectivity index (χ3v) is 6.20. The van der Waals surface area contributed by atoms with Gasteiger partial charge in [0.25, 0.3) is 0 Å². The van der Waals surface area contributed by atoms with Gasteiger partial charge in [-0.25, -0.2) is 18.6 Å². The summed E-state index contributed by atoms with van der Waals surface area (Å²) in [4.78, 5) is 4.52. The quantitative estimate of drug-likeness (QED) is 0.143. The predicted molar refractivity (Wildman–Crippen MR) is 132 cm³/mol. The van der Waals surface area contributed by atoms with Gasteiger partial charge in [0.2, 0.25) is 10.0 Å². The molecule has 0 saturated carbocycles. The first-order valence-electron chi connectivity index (χ1n) is 10.3. The van der Waals surface area contributed by atoms with Crippen LogP contribution >= 0.6 is 0 Å². The molecule has 0 aliphatic carbocycles. The zero-order valence-corrected chi connectivity index (χ0v) is 19.0. The molecule has 3 rings (SSSR count). The largest absolute Gasteiger partial charge is 0.507 e. The first-order valence-corrected chi connectivity index (χ1v) is 11.8. The SMILES string of the molecule is CNNC(C=C(N)c1ccccc1O)=NCCNS(=O)(=O)c1ccc(-c2ccccc2)cc1. The number of nitrogens with one attached hydrogen (secondary N) is 3. The highest BCUT2D eigenvalue weighted by Crippen LogP contribution is 2.21. The Morgan fingerprint density at radius 2 is 1.61 bits per heavy atom. The Labute approximate surface area is 193 Å². The van der Waals surface area contributed by atoms with Gasteiger partial charge < -0.3 is 16.3 Å². The van der Waals surface area contributed by atoms with Gasteiger partial charge in [0.1, 0.15) is 11.6 Å². The summed E-state index contributed by atoms with van der Waals surface area (Å²) >= 11 is 0. The Bertz CT molecular complexity index is 1220. The van der Waals surface area contributed by atoms with Crippen molar-refractivity contribution in [3.63, 3.8) is 0 Å². The van der Waals surface area contributed by atoms with Crippen LogP contribution in [0.4, 0.5) is 0 Å². The Morgan fingerprint density at radius 1 is 0.970 bits per heavy atom. The maximum Gasteiger partial charge on any atom is 0.240 e. The van der Waals surface area contributed by atoms with Crippen LogP contribution in [-0.2, 0) is 10.0 Å². The highest BCUT2D eigenvalue weighted by atomic mass is 32.2. The summed E-state index contributed by atoms with van der Waals surface area (Å²) in [5.41, 5.74) is 14.4. The second kappa shape index (κ2) is 11.3. The number of phenolic OH excluding ortho intramolecular Hbond substituents is 1. The molecule has 0 aliphatic heterocycles. The van der Waals surface area contributed by atoms with Gasteiger partial charge in [0.05, 0.1) is 11.4 Å². The molecule has 0 aliphatic rings. The summed E-state index contributed by atoms with van der Waals surface area (Å²) in [7, 11) is -2.00. The lowest BCUT2D eigenvalue weighted by Crippen LogP contribution is -2.34. The zero-order chi connectivity index (χ0) is 23.7. The van der Waals surface area contributed by atoms with E-state index in [1.54, 1.807) is 61.7 Å². The lowest BCUT2D eigenvalue weighted by molar-refractivity contribution is 0.473. The van der Waals surface area contributed by atoms with E-state index >= 15 is 0 Å². The monoisotopic (exact) mass is 465 g/mol. The second-order valence-corrected chi connectivity index (χ2v) is 8.81. The maximum atomic E-state index is 12.6. The number of sulfonamides is 1. The van der Waals surface area contributed by atoms with E-state index in [2.05, 4.69) is 20.6 Å². The number of para-hydroxylation sites is 1. The number of hydrogen-bond donors (Lipinski definition) is 5. The van der Waals surface area contributed by atoms with Gasteiger partial charge in [-0.2, -0.15) is 0 Å². The summed E-state index contributed by atoms with van der Waals surface area (Å²) in [5, 5.41) is 9.94. The fourth-order valence-corrected chi connectivity index (χ4v) is 4.11. The van der Waals surface area contributed by atoms with Crippen molar-refractivity contribution in [1.82, 2.24) is 15.6 Å². The molecule has 0 bridgehead atoms.